The second kappa shape index (κ2) is 53.0. The molecule has 6 heteroatoms. The molecule has 1 amide bonds. The van der Waals surface area contributed by atoms with Crippen LogP contribution in [0.2, 0.25) is 0 Å². The van der Waals surface area contributed by atoms with Crippen molar-refractivity contribution in [2.75, 3.05) is 6.61 Å². The molecule has 0 saturated heterocycles. The van der Waals surface area contributed by atoms with Gasteiger partial charge < -0.3 is 25.7 Å². The zero-order valence-corrected chi connectivity index (χ0v) is 43.3. The largest absolute Gasteiger partial charge is 0.394 e. The van der Waals surface area contributed by atoms with Crippen molar-refractivity contribution in [3.8, 4) is 0 Å². The highest BCUT2D eigenvalue weighted by Crippen LogP contribution is 2.18. The van der Waals surface area contributed by atoms with Crippen molar-refractivity contribution in [1.82, 2.24) is 5.32 Å². The van der Waals surface area contributed by atoms with E-state index in [0.29, 0.717) is 12.8 Å². The molecule has 0 aromatic heterocycles. The Kier molecular flexibility index (Phi) is 52.2. The summed E-state index contributed by atoms with van der Waals surface area (Å²) in [5, 5.41) is 44.0. The van der Waals surface area contributed by atoms with E-state index in [1.807, 2.05) is 0 Å². The van der Waals surface area contributed by atoms with E-state index >= 15 is 0 Å². The minimum absolute atomic E-state index is 0.369. The molecule has 0 aliphatic heterocycles. The van der Waals surface area contributed by atoms with Gasteiger partial charge >= 0.3 is 0 Å². The summed E-state index contributed by atoms with van der Waals surface area (Å²) in [5.74, 6) is -0.586. The SMILES string of the molecule is CCCCCCCCCCCCCCCCCCCCCC/C=C/CCCC(O)C(O)C(CO)NC(=O)C(O)CCCCCCCCCCCCCCCCCCCCCCCCC. The zero-order valence-electron chi connectivity index (χ0n) is 43.3. The number of nitrogens with one attached hydrogen (secondary N) is 1. The van der Waals surface area contributed by atoms with E-state index < -0.39 is 36.9 Å². The standard InChI is InChI=1S/C58H115NO5/c1-3-5-7-9-11-13-15-17-19-21-23-25-27-28-30-31-33-35-37-39-41-43-45-47-49-51-55(61)57(63)54(53-60)59-58(64)56(62)52-50-48-46-44-42-40-38-36-34-32-29-26-24-22-20-18-16-14-12-10-8-6-4-2/h43,45,54-57,60-63H,3-42,44,46-53H2,1-2H3,(H,59,64)/b45-43+. The second-order valence-electron chi connectivity index (χ2n) is 20.3. The maximum atomic E-state index is 12.6. The van der Waals surface area contributed by atoms with Crippen molar-refractivity contribution in [2.45, 2.75) is 346 Å². The Hall–Kier alpha value is -0.950. The summed E-state index contributed by atoms with van der Waals surface area (Å²) in [5.41, 5.74) is 0. The predicted molar refractivity (Wildman–Crippen MR) is 279 cm³/mol. The van der Waals surface area contributed by atoms with Gasteiger partial charge in [0.15, 0.2) is 0 Å². The highest BCUT2D eigenvalue weighted by atomic mass is 16.3. The van der Waals surface area contributed by atoms with E-state index in [0.717, 1.165) is 38.5 Å². The van der Waals surface area contributed by atoms with Crippen LogP contribution < -0.4 is 5.32 Å². The van der Waals surface area contributed by atoms with Gasteiger partial charge in [-0.05, 0) is 38.5 Å². The minimum Gasteiger partial charge on any atom is -0.394 e. The normalized spacial score (nSPS) is 13.8. The third kappa shape index (κ3) is 46.2. The van der Waals surface area contributed by atoms with Crippen molar-refractivity contribution < 1.29 is 25.2 Å². The first-order valence-electron chi connectivity index (χ1n) is 29.1. The lowest BCUT2D eigenvalue weighted by molar-refractivity contribution is -0.132. The third-order valence-electron chi connectivity index (χ3n) is 14.0. The molecule has 0 aromatic rings. The first kappa shape index (κ1) is 63.0. The van der Waals surface area contributed by atoms with Crippen LogP contribution in [0, 0.1) is 0 Å². The number of rotatable bonds is 54. The number of carbonyl (C=O) groups excluding carboxylic acids is 1. The summed E-state index contributed by atoms with van der Waals surface area (Å²) in [6.07, 6.45) is 62.9. The molecule has 0 rings (SSSR count). The molecular formula is C58H115NO5. The van der Waals surface area contributed by atoms with Crippen LogP contribution in [0.3, 0.4) is 0 Å². The van der Waals surface area contributed by atoms with E-state index in [2.05, 4.69) is 31.3 Å². The predicted octanol–water partition coefficient (Wildman–Crippen LogP) is 16.9. The number of allylic oxidation sites excluding steroid dienone is 2. The average Bonchev–Trinajstić information content (AvgIpc) is 3.30. The van der Waals surface area contributed by atoms with Crippen LogP contribution in [0.4, 0.5) is 0 Å². The highest BCUT2D eigenvalue weighted by molar-refractivity contribution is 5.80. The van der Waals surface area contributed by atoms with Crippen LogP contribution in [-0.4, -0.2) is 57.3 Å². The first-order chi connectivity index (χ1) is 31.5. The molecule has 0 radical (unpaired) electrons. The van der Waals surface area contributed by atoms with Crippen LogP contribution in [0.5, 0.6) is 0 Å². The van der Waals surface area contributed by atoms with Crippen LogP contribution >= 0.6 is 0 Å². The van der Waals surface area contributed by atoms with Crippen molar-refractivity contribution in [3.63, 3.8) is 0 Å². The number of unbranched alkanes of at least 4 members (excludes halogenated alkanes) is 43. The number of carbonyl (C=O) groups is 1. The first-order valence-corrected chi connectivity index (χ1v) is 29.1. The molecule has 6 nitrogen and oxygen atoms in total. The Balaban J connectivity index is 3.62. The molecule has 0 aliphatic rings. The Morgan fingerprint density at radius 1 is 0.375 bits per heavy atom. The molecule has 0 spiro atoms. The fraction of sp³-hybridized carbons (Fsp3) is 0.948. The number of hydrogen-bond donors (Lipinski definition) is 5. The van der Waals surface area contributed by atoms with Gasteiger partial charge in [-0.3, -0.25) is 4.79 Å². The molecule has 64 heavy (non-hydrogen) atoms. The van der Waals surface area contributed by atoms with Gasteiger partial charge in [-0.25, -0.2) is 0 Å². The van der Waals surface area contributed by atoms with Gasteiger partial charge in [-0.2, -0.15) is 0 Å². The summed E-state index contributed by atoms with van der Waals surface area (Å²) in [4.78, 5) is 12.6. The fourth-order valence-electron chi connectivity index (χ4n) is 9.41. The van der Waals surface area contributed by atoms with Crippen molar-refractivity contribution >= 4 is 5.91 Å². The summed E-state index contributed by atoms with van der Waals surface area (Å²) in [6.45, 7) is 4.09. The Morgan fingerprint density at radius 2 is 0.641 bits per heavy atom. The molecule has 0 fully saturated rings. The van der Waals surface area contributed by atoms with Gasteiger partial charge in [-0.1, -0.05) is 296 Å². The van der Waals surface area contributed by atoms with E-state index in [4.69, 9.17) is 0 Å². The molecule has 5 N–H and O–H groups in total. The van der Waals surface area contributed by atoms with Gasteiger partial charge in [0.1, 0.15) is 12.2 Å². The maximum Gasteiger partial charge on any atom is 0.249 e. The van der Waals surface area contributed by atoms with E-state index in [1.54, 1.807) is 0 Å². The van der Waals surface area contributed by atoms with Crippen LogP contribution in [0.1, 0.15) is 322 Å². The van der Waals surface area contributed by atoms with Crippen LogP contribution in [0.15, 0.2) is 12.2 Å². The number of aliphatic hydroxyl groups excluding tert-OH is 4. The molecule has 0 aliphatic carbocycles. The van der Waals surface area contributed by atoms with Gasteiger partial charge in [0, 0.05) is 0 Å². The number of amides is 1. The molecule has 382 valence electrons. The quantitative estimate of drug-likeness (QED) is 0.0308. The Morgan fingerprint density at radius 3 is 0.938 bits per heavy atom. The summed E-state index contributed by atoms with van der Waals surface area (Å²) >= 11 is 0. The number of aliphatic hydroxyl groups is 4. The molecular weight excluding hydrogens is 791 g/mol. The van der Waals surface area contributed by atoms with Gasteiger partial charge in [0.2, 0.25) is 5.91 Å². The summed E-state index contributed by atoms with van der Waals surface area (Å²) in [7, 11) is 0. The second-order valence-corrected chi connectivity index (χ2v) is 20.3. The van der Waals surface area contributed by atoms with E-state index in [1.165, 1.54) is 257 Å². The van der Waals surface area contributed by atoms with Crippen molar-refractivity contribution in [2.24, 2.45) is 0 Å². The average molecular weight is 907 g/mol. The van der Waals surface area contributed by atoms with Gasteiger partial charge in [0.25, 0.3) is 0 Å². The molecule has 0 aromatic carbocycles. The van der Waals surface area contributed by atoms with E-state index in [9.17, 15) is 25.2 Å². The molecule has 0 heterocycles. The Bertz CT molecular complexity index is 928. The highest BCUT2D eigenvalue weighted by Gasteiger charge is 2.28. The van der Waals surface area contributed by atoms with Crippen LogP contribution in [0.25, 0.3) is 0 Å². The monoisotopic (exact) mass is 906 g/mol. The van der Waals surface area contributed by atoms with Crippen molar-refractivity contribution in [1.29, 1.82) is 0 Å². The topological polar surface area (TPSA) is 110 Å². The number of hydrogen-bond acceptors (Lipinski definition) is 5. The summed E-state index contributed by atoms with van der Waals surface area (Å²) in [6, 6.07) is -0.999. The minimum atomic E-state index is -1.28. The third-order valence-corrected chi connectivity index (χ3v) is 14.0. The summed E-state index contributed by atoms with van der Waals surface area (Å²) < 4.78 is 0. The molecule has 4 unspecified atom stereocenters. The lowest BCUT2D eigenvalue weighted by Crippen LogP contribution is -2.53. The maximum absolute atomic E-state index is 12.6. The fourth-order valence-corrected chi connectivity index (χ4v) is 9.41. The van der Waals surface area contributed by atoms with Crippen molar-refractivity contribution in [3.05, 3.63) is 12.2 Å². The van der Waals surface area contributed by atoms with E-state index in [-0.39, 0.29) is 0 Å². The van der Waals surface area contributed by atoms with Gasteiger partial charge in [-0.15, -0.1) is 0 Å². The lowest BCUT2D eigenvalue weighted by atomic mass is 10.00. The lowest BCUT2D eigenvalue weighted by Gasteiger charge is -2.27. The van der Waals surface area contributed by atoms with Crippen LogP contribution in [-0.2, 0) is 4.79 Å². The molecule has 4 atom stereocenters. The molecule has 0 saturated carbocycles. The van der Waals surface area contributed by atoms with Gasteiger partial charge in [0.05, 0.1) is 18.8 Å². The smallest absolute Gasteiger partial charge is 0.249 e. The molecule has 0 bridgehead atoms. The Labute approximate surface area is 400 Å². The zero-order chi connectivity index (χ0) is 46.7.